The quantitative estimate of drug-likeness (QED) is 0.810. The van der Waals surface area contributed by atoms with Crippen LogP contribution in [0.3, 0.4) is 0 Å². The highest BCUT2D eigenvalue weighted by Crippen LogP contribution is 2.16. The van der Waals surface area contributed by atoms with E-state index in [1.807, 2.05) is 30.3 Å². The molecule has 0 unspecified atom stereocenters. The van der Waals surface area contributed by atoms with Crippen molar-refractivity contribution in [2.75, 3.05) is 11.9 Å². The van der Waals surface area contributed by atoms with Crippen molar-refractivity contribution in [3.05, 3.63) is 65.2 Å². The van der Waals surface area contributed by atoms with Crippen molar-refractivity contribution < 1.29 is 9.90 Å². The normalized spacial score (nSPS) is 11.7. The van der Waals surface area contributed by atoms with Gasteiger partial charge >= 0.3 is 6.03 Å². The SMILES string of the molecule is O=C(Nc1cccc(Cl)c1)N[C@@H](CO)c1ccccc1. The molecule has 0 fully saturated rings. The van der Waals surface area contributed by atoms with Crippen molar-refractivity contribution in [2.24, 2.45) is 0 Å². The van der Waals surface area contributed by atoms with Crippen molar-refractivity contribution in [3.8, 4) is 0 Å². The van der Waals surface area contributed by atoms with E-state index in [2.05, 4.69) is 10.6 Å². The summed E-state index contributed by atoms with van der Waals surface area (Å²) in [5.41, 5.74) is 1.44. The molecule has 5 heteroatoms. The summed E-state index contributed by atoms with van der Waals surface area (Å²) < 4.78 is 0. The maximum atomic E-state index is 11.9. The monoisotopic (exact) mass is 290 g/mol. The van der Waals surface area contributed by atoms with Crippen LogP contribution >= 0.6 is 11.6 Å². The predicted molar refractivity (Wildman–Crippen MR) is 79.9 cm³/mol. The maximum absolute atomic E-state index is 11.9. The van der Waals surface area contributed by atoms with Crippen LogP contribution in [0.15, 0.2) is 54.6 Å². The lowest BCUT2D eigenvalue weighted by Crippen LogP contribution is -2.34. The average Bonchev–Trinajstić information content (AvgIpc) is 2.45. The first-order valence-electron chi connectivity index (χ1n) is 6.18. The fourth-order valence-corrected chi connectivity index (χ4v) is 2.00. The molecule has 0 aromatic heterocycles. The van der Waals surface area contributed by atoms with Crippen molar-refractivity contribution in [2.45, 2.75) is 6.04 Å². The van der Waals surface area contributed by atoms with Crippen LogP contribution in [0.4, 0.5) is 10.5 Å². The second kappa shape index (κ2) is 6.93. The summed E-state index contributed by atoms with van der Waals surface area (Å²) in [6.07, 6.45) is 0. The van der Waals surface area contributed by atoms with Gasteiger partial charge in [-0.1, -0.05) is 48.0 Å². The Morgan fingerprint density at radius 2 is 1.90 bits per heavy atom. The Balaban J connectivity index is 2.00. The Labute approximate surface area is 122 Å². The van der Waals surface area contributed by atoms with Crippen LogP contribution in [0.1, 0.15) is 11.6 Å². The van der Waals surface area contributed by atoms with Gasteiger partial charge in [-0.15, -0.1) is 0 Å². The Hall–Kier alpha value is -2.04. The Bertz CT molecular complexity index is 575. The molecule has 3 N–H and O–H groups in total. The molecule has 0 aliphatic rings. The first-order valence-corrected chi connectivity index (χ1v) is 6.55. The predicted octanol–water partition coefficient (Wildman–Crippen LogP) is 3.20. The van der Waals surface area contributed by atoms with Gasteiger partial charge in [0.1, 0.15) is 0 Å². The molecule has 0 bridgehead atoms. The zero-order valence-electron chi connectivity index (χ0n) is 10.7. The fourth-order valence-electron chi connectivity index (χ4n) is 1.81. The summed E-state index contributed by atoms with van der Waals surface area (Å²) in [4.78, 5) is 11.9. The van der Waals surface area contributed by atoms with E-state index < -0.39 is 12.1 Å². The second-order valence-corrected chi connectivity index (χ2v) is 4.69. The molecular formula is C15H15ClN2O2. The number of hydrogen-bond acceptors (Lipinski definition) is 2. The summed E-state index contributed by atoms with van der Waals surface area (Å²) in [7, 11) is 0. The Morgan fingerprint density at radius 3 is 2.55 bits per heavy atom. The average molecular weight is 291 g/mol. The lowest BCUT2D eigenvalue weighted by molar-refractivity contribution is 0.225. The molecule has 1 atom stereocenters. The molecule has 0 saturated carbocycles. The van der Waals surface area contributed by atoms with Gasteiger partial charge in [0.15, 0.2) is 0 Å². The lowest BCUT2D eigenvalue weighted by Gasteiger charge is -2.17. The zero-order valence-corrected chi connectivity index (χ0v) is 11.5. The van der Waals surface area contributed by atoms with Gasteiger partial charge in [0.25, 0.3) is 0 Å². The standard InChI is InChI=1S/C15H15ClN2O2/c16-12-7-4-8-13(9-12)17-15(20)18-14(10-19)11-5-2-1-3-6-11/h1-9,14,19H,10H2,(H2,17,18,20)/t14-/m0/s1. The highest BCUT2D eigenvalue weighted by Gasteiger charge is 2.13. The number of benzene rings is 2. The third-order valence-corrected chi connectivity index (χ3v) is 3.01. The van der Waals surface area contributed by atoms with Crippen molar-refractivity contribution in [1.29, 1.82) is 0 Å². The number of anilines is 1. The molecule has 2 amide bonds. The van der Waals surface area contributed by atoms with Crippen molar-refractivity contribution in [3.63, 3.8) is 0 Å². The summed E-state index contributed by atoms with van der Waals surface area (Å²) in [6, 6.07) is 15.3. The number of amides is 2. The van der Waals surface area contributed by atoms with Gasteiger partial charge in [-0.3, -0.25) is 0 Å². The van der Waals surface area contributed by atoms with Crippen molar-refractivity contribution in [1.82, 2.24) is 5.32 Å². The number of halogens is 1. The molecule has 2 aromatic carbocycles. The van der Waals surface area contributed by atoms with E-state index in [1.165, 1.54) is 0 Å². The van der Waals surface area contributed by atoms with Crippen LogP contribution in [0.5, 0.6) is 0 Å². The Morgan fingerprint density at radius 1 is 1.15 bits per heavy atom. The summed E-state index contributed by atoms with van der Waals surface area (Å²) >= 11 is 5.85. The second-order valence-electron chi connectivity index (χ2n) is 4.25. The van der Waals surface area contributed by atoms with E-state index in [9.17, 15) is 9.90 Å². The van der Waals surface area contributed by atoms with Crippen LogP contribution in [-0.2, 0) is 0 Å². The number of urea groups is 1. The van der Waals surface area contributed by atoms with E-state index in [-0.39, 0.29) is 6.61 Å². The highest BCUT2D eigenvalue weighted by atomic mass is 35.5. The lowest BCUT2D eigenvalue weighted by atomic mass is 10.1. The molecule has 104 valence electrons. The van der Waals surface area contributed by atoms with Gasteiger partial charge in [0.05, 0.1) is 12.6 Å². The molecule has 0 aliphatic heterocycles. The Kier molecular flexibility index (Phi) is 4.98. The summed E-state index contributed by atoms with van der Waals surface area (Å²) in [6.45, 7) is -0.174. The van der Waals surface area contributed by atoms with Crippen LogP contribution in [0.2, 0.25) is 5.02 Å². The number of carbonyl (C=O) groups is 1. The minimum atomic E-state index is -0.449. The number of hydrogen-bond donors (Lipinski definition) is 3. The largest absolute Gasteiger partial charge is 0.394 e. The van der Waals surface area contributed by atoms with E-state index in [4.69, 9.17) is 11.6 Å². The van der Waals surface area contributed by atoms with Gasteiger partial charge < -0.3 is 15.7 Å². The number of nitrogens with one attached hydrogen (secondary N) is 2. The number of rotatable bonds is 4. The van der Waals surface area contributed by atoms with E-state index in [1.54, 1.807) is 24.3 Å². The van der Waals surface area contributed by atoms with Crippen LogP contribution in [0, 0.1) is 0 Å². The highest BCUT2D eigenvalue weighted by molar-refractivity contribution is 6.30. The smallest absolute Gasteiger partial charge is 0.319 e. The van der Waals surface area contributed by atoms with E-state index in [0.29, 0.717) is 10.7 Å². The van der Waals surface area contributed by atoms with Gasteiger partial charge in [0.2, 0.25) is 0 Å². The number of aliphatic hydroxyl groups excluding tert-OH is 1. The van der Waals surface area contributed by atoms with Gasteiger partial charge in [0, 0.05) is 10.7 Å². The third-order valence-electron chi connectivity index (χ3n) is 2.77. The zero-order chi connectivity index (χ0) is 14.4. The molecule has 2 rings (SSSR count). The topological polar surface area (TPSA) is 61.4 Å². The molecule has 0 saturated heterocycles. The van der Waals surface area contributed by atoms with Crippen LogP contribution in [-0.4, -0.2) is 17.7 Å². The summed E-state index contributed by atoms with van der Waals surface area (Å²) in [5, 5.41) is 15.3. The minimum Gasteiger partial charge on any atom is -0.394 e. The molecular weight excluding hydrogens is 276 g/mol. The van der Waals surface area contributed by atoms with Crippen molar-refractivity contribution >= 4 is 23.3 Å². The summed E-state index contributed by atoms with van der Waals surface area (Å²) in [5.74, 6) is 0. The molecule has 0 heterocycles. The van der Waals surface area contributed by atoms with E-state index in [0.717, 1.165) is 5.56 Å². The molecule has 0 radical (unpaired) electrons. The first-order chi connectivity index (χ1) is 9.69. The molecule has 0 aliphatic carbocycles. The maximum Gasteiger partial charge on any atom is 0.319 e. The number of carbonyl (C=O) groups excluding carboxylic acids is 1. The molecule has 20 heavy (non-hydrogen) atoms. The first kappa shape index (κ1) is 14.4. The minimum absolute atomic E-state index is 0.174. The van der Waals surface area contributed by atoms with E-state index >= 15 is 0 Å². The van der Waals surface area contributed by atoms with Gasteiger partial charge in [-0.05, 0) is 23.8 Å². The number of aliphatic hydroxyl groups is 1. The molecule has 4 nitrogen and oxygen atoms in total. The van der Waals surface area contributed by atoms with Gasteiger partial charge in [-0.2, -0.15) is 0 Å². The van der Waals surface area contributed by atoms with Crippen LogP contribution < -0.4 is 10.6 Å². The molecule has 0 spiro atoms. The molecule has 2 aromatic rings. The third kappa shape index (κ3) is 3.98. The van der Waals surface area contributed by atoms with Gasteiger partial charge in [-0.25, -0.2) is 4.79 Å². The fraction of sp³-hybridized carbons (Fsp3) is 0.133. The van der Waals surface area contributed by atoms with Crippen LogP contribution in [0.25, 0.3) is 0 Å².